The molecule has 3 rings (SSSR count). The number of aromatic nitrogens is 2. The van der Waals surface area contributed by atoms with E-state index in [9.17, 15) is 19.2 Å². The molecule has 0 radical (unpaired) electrons. The second-order valence-corrected chi connectivity index (χ2v) is 6.00. The molecule has 130 valence electrons. The highest BCUT2D eigenvalue weighted by Gasteiger charge is 2.32. The van der Waals surface area contributed by atoms with Crippen molar-refractivity contribution in [2.75, 3.05) is 6.54 Å². The summed E-state index contributed by atoms with van der Waals surface area (Å²) < 4.78 is 1.88. The first kappa shape index (κ1) is 16.8. The molecule has 0 saturated carbocycles. The summed E-state index contributed by atoms with van der Waals surface area (Å²) >= 11 is 0. The Hall–Kier alpha value is -3.00. The van der Waals surface area contributed by atoms with Gasteiger partial charge in [-0.05, 0) is 25.5 Å². The fourth-order valence-corrected chi connectivity index (χ4v) is 2.97. The largest absolute Gasteiger partial charge is 0.480 e. The fraction of sp³-hybridized carbons (Fsp3) is 0.294. The highest BCUT2D eigenvalue weighted by molar-refractivity contribution is 5.95. The number of nitrogens with zero attached hydrogens (tertiary/aromatic N) is 2. The van der Waals surface area contributed by atoms with Gasteiger partial charge in [-0.15, -0.1) is 0 Å². The van der Waals surface area contributed by atoms with E-state index in [2.05, 4.69) is 5.32 Å². The SMILES string of the molecule is Cc1cn([C@H]2CN[C@@H](C(=O)O)C2)c(=O)n(C(=O)c2ccccc2)c1=O. The van der Waals surface area contributed by atoms with Gasteiger partial charge >= 0.3 is 11.7 Å². The average molecular weight is 343 g/mol. The summed E-state index contributed by atoms with van der Waals surface area (Å²) in [6.45, 7) is 1.79. The van der Waals surface area contributed by atoms with E-state index < -0.39 is 35.2 Å². The number of nitrogens with one attached hydrogen (secondary N) is 1. The van der Waals surface area contributed by atoms with E-state index in [-0.39, 0.29) is 24.1 Å². The summed E-state index contributed by atoms with van der Waals surface area (Å²) in [4.78, 5) is 48.8. The number of carbonyl (C=O) groups is 2. The topological polar surface area (TPSA) is 110 Å². The minimum absolute atomic E-state index is 0.201. The molecular weight excluding hydrogens is 326 g/mol. The van der Waals surface area contributed by atoms with Crippen LogP contribution in [0.15, 0.2) is 46.1 Å². The third-order valence-corrected chi connectivity index (χ3v) is 4.31. The van der Waals surface area contributed by atoms with Crippen LogP contribution in [-0.2, 0) is 4.79 Å². The van der Waals surface area contributed by atoms with E-state index in [1.165, 1.54) is 29.8 Å². The average Bonchev–Trinajstić information content (AvgIpc) is 3.09. The molecule has 0 bridgehead atoms. The predicted octanol–water partition coefficient (Wildman–Crippen LogP) is -0.00548. The van der Waals surface area contributed by atoms with Crippen molar-refractivity contribution in [3.63, 3.8) is 0 Å². The number of hydrogen-bond acceptors (Lipinski definition) is 5. The van der Waals surface area contributed by atoms with Gasteiger partial charge in [0.25, 0.3) is 11.5 Å². The number of carboxylic acids is 1. The van der Waals surface area contributed by atoms with E-state index in [1.807, 2.05) is 0 Å². The molecule has 0 amide bonds. The first-order valence-electron chi connectivity index (χ1n) is 7.81. The monoisotopic (exact) mass is 343 g/mol. The third kappa shape index (κ3) is 3.03. The van der Waals surface area contributed by atoms with Crippen LogP contribution in [0.2, 0.25) is 0 Å². The Morgan fingerprint density at radius 3 is 2.48 bits per heavy atom. The van der Waals surface area contributed by atoms with E-state index in [0.29, 0.717) is 4.57 Å². The summed E-state index contributed by atoms with van der Waals surface area (Å²) in [7, 11) is 0. The van der Waals surface area contributed by atoms with Gasteiger partial charge in [0.1, 0.15) is 6.04 Å². The van der Waals surface area contributed by atoms with Crippen molar-refractivity contribution in [3.8, 4) is 0 Å². The standard InChI is InChI=1S/C17H17N3O5/c1-10-9-19(12-7-13(16(23)24)18-8-12)17(25)20(14(10)21)15(22)11-5-3-2-4-6-11/h2-6,9,12-13,18H,7-8H2,1H3,(H,23,24)/t12-,13-/m1/s1. The van der Waals surface area contributed by atoms with Gasteiger partial charge < -0.3 is 10.4 Å². The quantitative estimate of drug-likeness (QED) is 0.811. The molecule has 1 aliphatic heterocycles. The van der Waals surface area contributed by atoms with Crippen molar-refractivity contribution in [3.05, 3.63) is 68.5 Å². The molecule has 2 heterocycles. The molecule has 1 fully saturated rings. The molecule has 25 heavy (non-hydrogen) atoms. The second-order valence-electron chi connectivity index (χ2n) is 6.00. The molecule has 1 saturated heterocycles. The Balaban J connectivity index is 2.08. The lowest BCUT2D eigenvalue weighted by molar-refractivity contribution is -0.139. The fourth-order valence-electron chi connectivity index (χ4n) is 2.97. The number of aryl methyl sites for hydroxylation is 1. The number of benzene rings is 1. The van der Waals surface area contributed by atoms with Crippen LogP contribution in [-0.4, -0.2) is 38.7 Å². The lowest BCUT2D eigenvalue weighted by Gasteiger charge is -2.16. The van der Waals surface area contributed by atoms with E-state index in [0.717, 1.165) is 0 Å². The number of carbonyl (C=O) groups excluding carboxylic acids is 1. The highest BCUT2D eigenvalue weighted by Crippen LogP contribution is 2.18. The van der Waals surface area contributed by atoms with E-state index in [1.54, 1.807) is 18.2 Å². The van der Waals surface area contributed by atoms with E-state index >= 15 is 0 Å². The first-order chi connectivity index (χ1) is 11.9. The smallest absolute Gasteiger partial charge is 0.338 e. The van der Waals surface area contributed by atoms with Crippen molar-refractivity contribution in [2.45, 2.75) is 25.4 Å². The zero-order chi connectivity index (χ0) is 18.1. The molecule has 0 unspecified atom stereocenters. The van der Waals surface area contributed by atoms with Crippen LogP contribution in [0.4, 0.5) is 0 Å². The molecule has 0 aliphatic carbocycles. The minimum atomic E-state index is -0.999. The van der Waals surface area contributed by atoms with Gasteiger partial charge in [-0.1, -0.05) is 18.2 Å². The Labute approximate surface area is 142 Å². The molecule has 1 aromatic heterocycles. The summed E-state index contributed by atoms with van der Waals surface area (Å²) in [6.07, 6.45) is 1.59. The van der Waals surface area contributed by atoms with Crippen molar-refractivity contribution >= 4 is 11.9 Å². The van der Waals surface area contributed by atoms with Gasteiger partial charge in [0.15, 0.2) is 0 Å². The Kier molecular flexibility index (Phi) is 4.37. The lowest BCUT2D eigenvalue weighted by Crippen LogP contribution is -2.45. The van der Waals surface area contributed by atoms with Gasteiger partial charge in [-0.25, -0.2) is 4.79 Å². The summed E-state index contributed by atoms with van der Waals surface area (Å²) in [5.41, 5.74) is -0.965. The van der Waals surface area contributed by atoms with Gasteiger partial charge in [0, 0.05) is 23.9 Å². The van der Waals surface area contributed by atoms with Crippen LogP contribution in [0.25, 0.3) is 0 Å². The van der Waals surface area contributed by atoms with Gasteiger partial charge in [-0.3, -0.25) is 19.0 Å². The molecule has 2 aromatic rings. The van der Waals surface area contributed by atoms with Crippen molar-refractivity contribution in [1.29, 1.82) is 0 Å². The lowest BCUT2D eigenvalue weighted by atomic mass is 10.1. The van der Waals surface area contributed by atoms with Crippen LogP contribution >= 0.6 is 0 Å². The van der Waals surface area contributed by atoms with Crippen LogP contribution in [0.5, 0.6) is 0 Å². The zero-order valence-corrected chi connectivity index (χ0v) is 13.5. The van der Waals surface area contributed by atoms with Crippen LogP contribution in [0.3, 0.4) is 0 Å². The normalized spacial score (nSPS) is 19.7. The zero-order valence-electron chi connectivity index (χ0n) is 13.5. The van der Waals surface area contributed by atoms with Gasteiger partial charge in [0.2, 0.25) is 0 Å². The number of aliphatic carboxylic acids is 1. The molecule has 8 nitrogen and oxygen atoms in total. The highest BCUT2D eigenvalue weighted by atomic mass is 16.4. The van der Waals surface area contributed by atoms with Crippen LogP contribution < -0.4 is 16.6 Å². The molecule has 8 heteroatoms. The Morgan fingerprint density at radius 1 is 1.20 bits per heavy atom. The number of carboxylic acid groups (broad SMARTS) is 1. The third-order valence-electron chi connectivity index (χ3n) is 4.31. The Bertz CT molecular complexity index is 945. The maximum Gasteiger partial charge on any atom is 0.338 e. The van der Waals surface area contributed by atoms with Crippen LogP contribution in [0.1, 0.15) is 28.4 Å². The molecule has 0 spiro atoms. The minimum Gasteiger partial charge on any atom is -0.480 e. The molecule has 1 aliphatic rings. The second kappa shape index (κ2) is 6.48. The van der Waals surface area contributed by atoms with Crippen LogP contribution in [0, 0.1) is 6.92 Å². The summed E-state index contributed by atoms with van der Waals surface area (Å²) in [5, 5.41) is 11.9. The Morgan fingerprint density at radius 2 is 1.88 bits per heavy atom. The maximum atomic E-state index is 12.8. The van der Waals surface area contributed by atoms with Crippen molar-refractivity contribution in [1.82, 2.24) is 14.5 Å². The van der Waals surface area contributed by atoms with Crippen molar-refractivity contribution in [2.24, 2.45) is 0 Å². The number of hydrogen-bond donors (Lipinski definition) is 2. The van der Waals surface area contributed by atoms with Gasteiger partial charge in [0.05, 0.1) is 6.04 Å². The number of rotatable bonds is 3. The molecule has 2 N–H and O–H groups in total. The van der Waals surface area contributed by atoms with Gasteiger partial charge in [-0.2, -0.15) is 4.57 Å². The van der Waals surface area contributed by atoms with E-state index in [4.69, 9.17) is 5.11 Å². The molecule has 1 aromatic carbocycles. The van der Waals surface area contributed by atoms with Crippen molar-refractivity contribution < 1.29 is 14.7 Å². The molecule has 2 atom stereocenters. The predicted molar refractivity (Wildman–Crippen MR) is 89.0 cm³/mol. The summed E-state index contributed by atoms with van der Waals surface area (Å²) in [6, 6.07) is 6.86. The summed E-state index contributed by atoms with van der Waals surface area (Å²) in [5.74, 6) is -1.70. The molecular formula is C17H17N3O5. The maximum absolute atomic E-state index is 12.8. The first-order valence-corrected chi connectivity index (χ1v) is 7.81.